The monoisotopic (exact) mass is 296 g/mol. The highest BCUT2D eigenvalue weighted by Crippen LogP contribution is 2.21. The van der Waals surface area contributed by atoms with Crippen molar-refractivity contribution in [1.82, 2.24) is 4.90 Å². The van der Waals surface area contributed by atoms with Gasteiger partial charge in [0, 0.05) is 19.5 Å². The standard InChI is InChI=1S/C19H24N2O/c1-15(16-9-5-3-6-10-16)21(2)19(22)14-13-18(20)17-11-7-4-8-12-17/h3-12,15,18H,13-14,20H2,1-2H3. The summed E-state index contributed by atoms with van der Waals surface area (Å²) < 4.78 is 0. The van der Waals surface area contributed by atoms with Crippen LogP contribution in [0.3, 0.4) is 0 Å². The molecule has 2 rings (SSSR count). The van der Waals surface area contributed by atoms with Crippen LogP contribution in [-0.2, 0) is 4.79 Å². The zero-order chi connectivity index (χ0) is 15.9. The van der Waals surface area contributed by atoms with E-state index in [0.717, 1.165) is 11.1 Å². The summed E-state index contributed by atoms with van der Waals surface area (Å²) >= 11 is 0. The molecule has 1 amide bonds. The van der Waals surface area contributed by atoms with Gasteiger partial charge in [0.05, 0.1) is 6.04 Å². The molecular formula is C19H24N2O. The average molecular weight is 296 g/mol. The lowest BCUT2D eigenvalue weighted by molar-refractivity contribution is -0.132. The van der Waals surface area contributed by atoms with Crippen LogP contribution >= 0.6 is 0 Å². The van der Waals surface area contributed by atoms with E-state index in [4.69, 9.17) is 5.73 Å². The first kappa shape index (κ1) is 16.2. The van der Waals surface area contributed by atoms with Crippen LogP contribution in [-0.4, -0.2) is 17.9 Å². The predicted octanol–water partition coefficient (Wildman–Crippen LogP) is 3.69. The quantitative estimate of drug-likeness (QED) is 0.883. The van der Waals surface area contributed by atoms with Gasteiger partial charge in [-0.15, -0.1) is 0 Å². The smallest absolute Gasteiger partial charge is 0.222 e. The molecule has 22 heavy (non-hydrogen) atoms. The molecular weight excluding hydrogens is 272 g/mol. The second kappa shape index (κ2) is 7.76. The number of hydrogen-bond acceptors (Lipinski definition) is 2. The minimum atomic E-state index is -0.0921. The topological polar surface area (TPSA) is 46.3 Å². The Morgan fingerprint density at radius 3 is 2.05 bits per heavy atom. The first-order chi connectivity index (χ1) is 10.6. The number of rotatable bonds is 6. The van der Waals surface area contributed by atoms with Gasteiger partial charge < -0.3 is 10.6 Å². The maximum Gasteiger partial charge on any atom is 0.222 e. The van der Waals surface area contributed by atoms with Crippen molar-refractivity contribution in [3.8, 4) is 0 Å². The van der Waals surface area contributed by atoms with E-state index in [9.17, 15) is 4.79 Å². The van der Waals surface area contributed by atoms with Crippen LogP contribution in [0.4, 0.5) is 0 Å². The van der Waals surface area contributed by atoms with Gasteiger partial charge in [0.15, 0.2) is 0 Å². The van der Waals surface area contributed by atoms with Crippen molar-refractivity contribution in [2.24, 2.45) is 5.73 Å². The van der Waals surface area contributed by atoms with Gasteiger partial charge in [-0.2, -0.15) is 0 Å². The molecule has 3 heteroatoms. The largest absolute Gasteiger partial charge is 0.339 e. The van der Waals surface area contributed by atoms with Crippen LogP contribution in [0.25, 0.3) is 0 Å². The second-order valence-electron chi connectivity index (χ2n) is 5.65. The number of carbonyl (C=O) groups is 1. The summed E-state index contributed by atoms with van der Waals surface area (Å²) in [6.07, 6.45) is 1.12. The molecule has 0 aliphatic carbocycles. The Balaban J connectivity index is 1.89. The van der Waals surface area contributed by atoms with Gasteiger partial charge in [0.1, 0.15) is 0 Å². The molecule has 116 valence electrons. The number of nitrogens with zero attached hydrogens (tertiary/aromatic N) is 1. The molecule has 2 aromatic rings. The van der Waals surface area contributed by atoms with Gasteiger partial charge in [-0.05, 0) is 24.5 Å². The highest BCUT2D eigenvalue weighted by atomic mass is 16.2. The number of amides is 1. The molecule has 0 bridgehead atoms. The summed E-state index contributed by atoms with van der Waals surface area (Å²) in [5.74, 6) is 0.128. The lowest BCUT2D eigenvalue weighted by atomic mass is 10.0. The van der Waals surface area contributed by atoms with Crippen LogP contribution in [0.15, 0.2) is 60.7 Å². The molecule has 0 aromatic heterocycles. The van der Waals surface area contributed by atoms with E-state index < -0.39 is 0 Å². The average Bonchev–Trinajstić information content (AvgIpc) is 2.59. The van der Waals surface area contributed by atoms with Crippen LogP contribution in [0, 0.1) is 0 Å². The minimum absolute atomic E-state index is 0.0710. The Kier molecular flexibility index (Phi) is 5.73. The van der Waals surface area contributed by atoms with Crippen molar-refractivity contribution >= 4 is 5.91 Å². The summed E-state index contributed by atoms with van der Waals surface area (Å²) in [5.41, 5.74) is 8.38. The summed E-state index contributed by atoms with van der Waals surface area (Å²) in [7, 11) is 1.86. The van der Waals surface area contributed by atoms with Crippen molar-refractivity contribution in [2.45, 2.75) is 31.8 Å². The predicted molar refractivity (Wildman–Crippen MR) is 90.2 cm³/mol. The molecule has 0 aliphatic heterocycles. The first-order valence-corrected chi connectivity index (χ1v) is 7.70. The Morgan fingerprint density at radius 1 is 1.00 bits per heavy atom. The molecule has 2 atom stereocenters. The third kappa shape index (κ3) is 4.18. The second-order valence-corrected chi connectivity index (χ2v) is 5.65. The molecule has 2 N–H and O–H groups in total. The zero-order valence-corrected chi connectivity index (χ0v) is 13.3. The molecule has 2 unspecified atom stereocenters. The Morgan fingerprint density at radius 2 is 1.50 bits per heavy atom. The Bertz CT molecular complexity index is 583. The molecule has 0 spiro atoms. The van der Waals surface area contributed by atoms with Crippen molar-refractivity contribution in [3.05, 3.63) is 71.8 Å². The maximum atomic E-state index is 12.4. The fraction of sp³-hybridized carbons (Fsp3) is 0.316. The Hall–Kier alpha value is -2.13. The van der Waals surface area contributed by atoms with Gasteiger partial charge in [-0.3, -0.25) is 4.79 Å². The molecule has 0 radical (unpaired) electrons. The van der Waals surface area contributed by atoms with Crippen LogP contribution in [0.2, 0.25) is 0 Å². The third-order valence-electron chi connectivity index (χ3n) is 4.15. The molecule has 2 aromatic carbocycles. The number of benzene rings is 2. The lowest BCUT2D eigenvalue weighted by Gasteiger charge is -2.26. The van der Waals surface area contributed by atoms with Gasteiger partial charge in [-0.1, -0.05) is 60.7 Å². The van der Waals surface area contributed by atoms with Crippen molar-refractivity contribution in [3.63, 3.8) is 0 Å². The number of nitrogens with two attached hydrogens (primary N) is 1. The summed E-state index contributed by atoms with van der Waals surface area (Å²) in [5, 5.41) is 0. The van der Waals surface area contributed by atoms with E-state index in [0.29, 0.717) is 12.8 Å². The molecule has 3 nitrogen and oxygen atoms in total. The number of carbonyl (C=O) groups excluding carboxylic acids is 1. The number of hydrogen-bond donors (Lipinski definition) is 1. The molecule has 0 saturated carbocycles. The zero-order valence-electron chi connectivity index (χ0n) is 13.3. The molecule has 0 heterocycles. The lowest BCUT2D eigenvalue weighted by Crippen LogP contribution is -2.30. The highest BCUT2D eigenvalue weighted by Gasteiger charge is 2.18. The fourth-order valence-corrected chi connectivity index (χ4v) is 2.49. The SMILES string of the molecule is CC(c1ccccc1)N(C)C(=O)CCC(N)c1ccccc1. The van der Waals surface area contributed by atoms with E-state index in [1.165, 1.54) is 0 Å². The molecule has 0 aliphatic rings. The third-order valence-corrected chi connectivity index (χ3v) is 4.15. The van der Waals surface area contributed by atoms with Crippen LogP contribution in [0.5, 0.6) is 0 Å². The molecule has 0 fully saturated rings. The van der Waals surface area contributed by atoms with Crippen LogP contribution in [0.1, 0.15) is 43.0 Å². The highest BCUT2D eigenvalue weighted by molar-refractivity contribution is 5.76. The van der Waals surface area contributed by atoms with Crippen molar-refractivity contribution in [2.75, 3.05) is 7.05 Å². The summed E-state index contributed by atoms with van der Waals surface area (Å²) in [6.45, 7) is 2.05. The molecule has 0 saturated heterocycles. The van der Waals surface area contributed by atoms with Gasteiger partial charge in [0.25, 0.3) is 0 Å². The van der Waals surface area contributed by atoms with Gasteiger partial charge in [-0.25, -0.2) is 0 Å². The normalized spacial score (nSPS) is 13.4. The van der Waals surface area contributed by atoms with E-state index >= 15 is 0 Å². The first-order valence-electron chi connectivity index (χ1n) is 7.70. The van der Waals surface area contributed by atoms with E-state index in [1.807, 2.05) is 74.6 Å². The van der Waals surface area contributed by atoms with Gasteiger partial charge >= 0.3 is 0 Å². The Labute approximate surface area is 132 Å². The van der Waals surface area contributed by atoms with Crippen molar-refractivity contribution < 1.29 is 4.79 Å². The minimum Gasteiger partial charge on any atom is -0.339 e. The fourth-order valence-electron chi connectivity index (χ4n) is 2.49. The van der Waals surface area contributed by atoms with Crippen molar-refractivity contribution in [1.29, 1.82) is 0 Å². The van der Waals surface area contributed by atoms with Crippen LogP contribution < -0.4 is 5.73 Å². The van der Waals surface area contributed by atoms with E-state index in [-0.39, 0.29) is 18.0 Å². The van der Waals surface area contributed by atoms with E-state index in [2.05, 4.69) is 0 Å². The van der Waals surface area contributed by atoms with E-state index in [1.54, 1.807) is 4.90 Å². The van der Waals surface area contributed by atoms with Gasteiger partial charge in [0.2, 0.25) is 5.91 Å². The summed E-state index contributed by atoms with van der Waals surface area (Å²) in [6, 6.07) is 20.0. The maximum absolute atomic E-state index is 12.4. The summed E-state index contributed by atoms with van der Waals surface area (Å²) in [4.78, 5) is 14.2.